The standard InChI is InChI=1S/C28H17F7N4O2/c29-24-3-1-2-23(27(30,31)32)22(24)13-37-26(40)16-9-20(21-14-38-39-25(21)10-16)18-8-17(11-36-12-18)15-4-6-19(7-5-15)41-28(33,34)35/h1-12,14H,13H2,(H,37,40)(H,38,39). The fourth-order valence-corrected chi connectivity index (χ4v) is 4.29. The van der Waals surface area contributed by atoms with Crippen molar-refractivity contribution in [2.75, 3.05) is 0 Å². The smallest absolute Gasteiger partial charge is 0.406 e. The monoisotopic (exact) mass is 574 g/mol. The van der Waals surface area contributed by atoms with Gasteiger partial charge < -0.3 is 10.1 Å². The van der Waals surface area contributed by atoms with Crippen LogP contribution in [0.2, 0.25) is 0 Å². The molecule has 0 fully saturated rings. The number of hydrogen-bond acceptors (Lipinski definition) is 4. The largest absolute Gasteiger partial charge is 0.573 e. The summed E-state index contributed by atoms with van der Waals surface area (Å²) in [6, 6.07) is 12.4. The molecule has 6 nitrogen and oxygen atoms in total. The molecule has 5 rings (SSSR count). The number of aromatic nitrogens is 3. The van der Waals surface area contributed by atoms with E-state index >= 15 is 0 Å². The van der Waals surface area contributed by atoms with Crippen molar-refractivity contribution < 1.29 is 40.3 Å². The van der Waals surface area contributed by atoms with Crippen LogP contribution in [0.3, 0.4) is 0 Å². The Morgan fingerprint density at radius 3 is 2.32 bits per heavy atom. The van der Waals surface area contributed by atoms with Gasteiger partial charge in [-0.1, -0.05) is 18.2 Å². The number of carbonyl (C=O) groups is 1. The van der Waals surface area contributed by atoms with Crippen LogP contribution in [-0.2, 0) is 12.7 Å². The van der Waals surface area contributed by atoms with Crippen LogP contribution in [0.25, 0.3) is 33.2 Å². The van der Waals surface area contributed by atoms with Gasteiger partial charge in [-0.05, 0) is 53.6 Å². The highest BCUT2D eigenvalue weighted by molar-refractivity contribution is 6.03. The average Bonchev–Trinajstić information content (AvgIpc) is 3.39. The number of halogens is 7. The minimum Gasteiger partial charge on any atom is -0.406 e. The molecule has 0 saturated carbocycles. The van der Waals surface area contributed by atoms with Crippen molar-refractivity contribution in [2.24, 2.45) is 0 Å². The number of alkyl halides is 6. The third-order valence-electron chi connectivity index (χ3n) is 6.14. The zero-order valence-corrected chi connectivity index (χ0v) is 20.6. The van der Waals surface area contributed by atoms with Crippen molar-refractivity contribution in [3.05, 3.63) is 102 Å². The van der Waals surface area contributed by atoms with Gasteiger partial charge in [0, 0.05) is 46.6 Å². The molecule has 13 heteroatoms. The molecule has 2 heterocycles. The van der Waals surface area contributed by atoms with Gasteiger partial charge in [-0.25, -0.2) is 4.39 Å². The van der Waals surface area contributed by atoms with E-state index in [0.717, 1.165) is 30.3 Å². The van der Waals surface area contributed by atoms with Gasteiger partial charge in [0.2, 0.25) is 0 Å². The zero-order valence-electron chi connectivity index (χ0n) is 20.6. The normalized spacial score (nSPS) is 12.0. The summed E-state index contributed by atoms with van der Waals surface area (Å²) in [6.07, 6.45) is -5.13. The quantitative estimate of drug-likeness (QED) is 0.209. The molecule has 5 aromatic rings. The Morgan fingerprint density at radius 1 is 0.878 bits per heavy atom. The number of H-pyrrole nitrogens is 1. The van der Waals surface area contributed by atoms with E-state index < -0.39 is 41.9 Å². The number of aromatic amines is 1. The Labute approximate surface area is 226 Å². The molecule has 3 aromatic carbocycles. The predicted molar refractivity (Wildman–Crippen MR) is 134 cm³/mol. The number of amides is 1. The first-order valence-electron chi connectivity index (χ1n) is 11.8. The van der Waals surface area contributed by atoms with E-state index in [2.05, 4.69) is 25.2 Å². The molecule has 0 radical (unpaired) electrons. The van der Waals surface area contributed by atoms with Gasteiger partial charge in [0.15, 0.2) is 0 Å². The Kier molecular flexibility index (Phi) is 7.11. The summed E-state index contributed by atoms with van der Waals surface area (Å²) in [5.74, 6) is -2.25. The van der Waals surface area contributed by atoms with Gasteiger partial charge >= 0.3 is 12.5 Å². The fourth-order valence-electron chi connectivity index (χ4n) is 4.29. The Morgan fingerprint density at radius 2 is 1.61 bits per heavy atom. The first-order valence-corrected chi connectivity index (χ1v) is 11.8. The number of nitrogens with one attached hydrogen (secondary N) is 2. The Hall–Kier alpha value is -4.94. The average molecular weight is 574 g/mol. The summed E-state index contributed by atoms with van der Waals surface area (Å²) >= 11 is 0. The molecular formula is C28H17F7N4O2. The third-order valence-corrected chi connectivity index (χ3v) is 6.14. The zero-order chi connectivity index (χ0) is 29.4. The summed E-state index contributed by atoms with van der Waals surface area (Å²) in [7, 11) is 0. The maximum Gasteiger partial charge on any atom is 0.573 e. The minimum absolute atomic E-state index is 0.0562. The minimum atomic E-state index is -4.83. The lowest BCUT2D eigenvalue weighted by atomic mass is 9.97. The molecule has 0 aliphatic carbocycles. The van der Waals surface area contributed by atoms with Crippen LogP contribution < -0.4 is 10.1 Å². The van der Waals surface area contributed by atoms with Gasteiger partial charge in [0.1, 0.15) is 11.6 Å². The van der Waals surface area contributed by atoms with E-state index in [1.54, 1.807) is 6.07 Å². The molecule has 0 spiro atoms. The molecule has 2 N–H and O–H groups in total. The predicted octanol–water partition coefficient (Wildman–Crippen LogP) is 7.28. The Balaban J connectivity index is 1.44. The van der Waals surface area contributed by atoms with Gasteiger partial charge in [-0.2, -0.15) is 18.3 Å². The van der Waals surface area contributed by atoms with Gasteiger partial charge in [-0.3, -0.25) is 14.9 Å². The fraction of sp³-hybridized carbons (Fsp3) is 0.107. The first kappa shape index (κ1) is 27.6. The lowest BCUT2D eigenvalue weighted by molar-refractivity contribution is -0.274. The first-order chi connectivity index (χ1) is 19.4. The third kappa shape index (κ3) is 6.13. The molecule has 0 aliphatic heterocycles. The molecule has 0 unspecified atom stereocenters. The molecule has 0 atom stereocenters. The van der Waals surface area contributed by atoms with Crippen LogP contribution in [0.5, 0.6) is 5.75 Å². The SMILES string of the molecule is O=C(NCc1c(F)cccc1C(F)(F)F)c1cc(-c2cncc(-c3ccc(OC(F)(F)F)cc3)c2)c2cn[nH]c2c1. The number of pyridine rings is 1. The highest BCUT2D eigenvalue weighted by Gasteiger charge is 2.34. The number of carbonyl (C=O) groups excluding carboxylic acids is 1. The Bertz CT molecular complexity index is 1730. The highest BCUT2D eigenvalue weighted by Crippen LogP contribution is 2.34. The van der Waals surface area contributed by atoms with Crippen molar-refractivity contribution >= 4 is 16.8 Å². The molecule has 0 bridgehead atoms. The maximum atomic E-state index is 14.2. The van der Waals surface area contributed by atoms with Crippen molar-refractivity contribution in [1.29, 1.82) is 0 Å². The topological polar surface area (TPSA) is 79.9 Å². The van der Waals surface area contributed by atoms with Crippen LogP contribution in [0, 0.1) is 5.82 Å². The number of fused-ring (bicyclic) bond motifs is 1. The lowest BCUT2D eigenvalue weighted by Crippen LogP contribution is -2.25. The molecule has 0 saturated heterocycles. The second-order valence-corrected chi connectivity index (χ2v) is 8.84. The number of hydrogen-bond donors (Lipinski definition) is 2. The highest BCUT2D eigenvalue weighted by atomic mass is 19.4. The second kappa shape index (κ2) is 10.6. The van der Waals surface area contributed by atoms with E-state index in [0.29, 0.717) is 33.2 Å². The molecule has 0 aliphatic rings. The van der Waals surface area contributed by atoms with Crippen molar-refractivity contribution in [2.45, 2.75) is 19.1 Å². The van der Waals surface area contributed by atoms with Gasteiger partial charge in [-0.15, -0.1) is 13.2 Å². The second-order valence-electron chi connectivity index (χ2n) is 8.84. The van der Waals surface area contributed by atoms with Crippen LogP contribution in [-0.4, -0.2) is 27.5 Å². The van der Waals surface area contributed by atoms with Crippen LogP contribution in [0.1, 0.15) is 21.5 Å². The maximum absolute atomic E-state index is 14.2. The number of nitrogens with zero attached hydrogens (tertiary/aromatic N) is 2. The number of rotatable bonds is 6. The van der Waals surface area contributed by atoms with E-state index in [-0.39, 0.29) is 11.3 Å². The lowest BCUT2D eigenvalue weighted by Gasteiger charge is -2.15. The van der Waals surface area contributed by atoms with E-state index in [1.807, 2.05) is 0 Å². The van der Waals surface area contributed by atoms with Crippen LogP contribution >= 0.6 is 0 Å². The van der Waals surface area contributed by atoms with E-state index in [1.165, 1.54) is 42.9 Å². The van der Waals surface area contributed by atoms with E-state index in [4.69, 9.17) is 0 Å². The molecule has 210 valence electrons. The molecule has 41 heavy (non-hydrogen) atoms. The van der Waals surface area contributed by atoms with Crippen molar-refractivity contribution in [3.8, 4) is 28.0 Å². The van der Waals surface area contributed by atoms with Crippen molar-refractivity contribution in [3.63, 3.8) is 0 Å². The molecule has 1 amide bonds. The molecule has 2 aromatic heterocycles. The summed E-state index contributed by atoms with van der Waals surface area (Å²) in [5, 5.41) is 9.68. The van der Waals surface area contributed by atoms with Gasteiger partial charge in [0.25, 0.3) is 5.91 Å². The number of benzene rings is 3. The van der Waals surface area contributed by atoms with E-state index in [9.17, 15) is 35.5 Å². The number of ether oxygens (including phenoxy) is 1. The summed E-state index contributed by atoms with van der Waals surface area (Å²) in [4.78, 5) is 17.2. The van der Waals surface area contributed by atoms with Crippen LogP contribution in [0.15, 0.2) is 79.3 Å². The van der Waals surface area contributed by atoms with Crippen LogP contribution in [0.4, 0.5) is 30.7 Å². The summed E-state index contributed by atoms with van der Waals surface area (Å²) < 4.78 is 95.6. The van der Waals surface area contributed by atoms with Crippen molar-refractivity contribution in [1.82, 2.24) is 20.5 Å². The summed E-state index contributed by atoms with van der Waals surface area (Å²) in [5.41, 5.74) is 0.711. The van der Waals surface area contributed by atoms with Gasteiger partial charge in [0.05, 0.1) is 17.3 Å². The molecular weight excluding hydrogens is 557 g/mol. The summed E-state index contributed by atoms with van der Waals surface area (Å²) in [6.45, 7) is -0.707.